The van der Waals surface area contributed by atoms with E-state index in [1.807, 2.05) is 70.2 Å². The Bertz CT molecular complexity index is 1330. The third kappa shape index (κ3) is 13.3. The number of benzene rings is 1. The van der Waals surface area contributed by atoms with Crippen LogP contribution >= 0.6 is 0 Å². The maximum Gasteiger partial charge on any atom is 0.407 e. The van der Waals surface area contributed by atoms with E-state index in [4.69, 9.17) is 14.5 Å². The molecule has 2 rings (SSSR count). The zero-order chi connectivity index (χ0) is 30.1. The standard InChI is InChI=1S/C33H41N5O3/c1-8-25(3)17-18-26(4)19-20-27(14-13-23-40-28-15-11-10-12-16-28)38-30-29(9-2)36-24-37-31(30)34-21-22-35-32(39)41-33(5,6)7/h8-12,15-18,24H,1-2,19-23H2,3-7H3,(H,35,39)(H,34,36,37)/b25-17+,26-18+,38-27?. The monoisotopic (exact) mass is 555 g/mol. The number of amides is 1. The maximum absolute atomic E-state index is 12.0. The molecule has 0 saturated heterocycles. The highest BCUT2D eigenvalue weighted by Crippen LogP contribution is 2.27. The van der Waals surface area contributed by atoms with Gasteiger partial charge in [0.2, 0.25) is 0 Å². The molecule has 0 spiro atoms. The summed E-state index contributed by atoms with van der Waals surface area (Å²) in [5, 5.41) is 5.95. The molecule has 0 atom stereocenters. The lowest BCUT2D eigenvalue weighted by Crippen LogP contribution is -2.35. The van der Waals surface area contributed by atoms with Gasteiger partial charge in [0.15, 0.2) is 5.82 Å². The molecule has 1 aromatic carbocycles. The molecule has 1 amide bonds. The maximum atomic E-state index is 12.0. The molecule has 216 valence electrons. The largest absolute Gasteiger partial charge is 0.481 e. The third-order valence-electron chi connectivity index (χ3n) is 5.37. The first kappa shape index (κ1) is 32.6. The van der Waals surface area contributed by atoms with E-state index in [2.05, 4.69) is 58.6 Å². The molecule has 8 heteroatoms. The van der Waals surface area contributed by atoms with E-state index >= 15 is 0 Å². The third-order valence-corrected chi connectivity index (χ3v) is 5.37. The fourth-order valence-corrected chi connectivity index (χ4v) is 3.24. The van der Waals surface area contributed by atoms with E-state index < -0.39 is 11.7 Å². The molecule has 0 unspecified atom stereocenters. The lowest BCUT2D eigenvalue weighted by Gasteiger charge is -2.19. The van der Waals surface area contributed by atoms with Gasteiger partial charge in [0.25, 0.3) is 0 Å². The smallest absolute Gasteiger partial charge is 0.407 e. The second kappa shape index (κ2) is 17.1. The fraction of sp³-hybridized carbons (Fsp3) is 0.333. The minimum atomic E-state index is -0.567. The van der Waals surface area contributed by atoms with E-state index in [1.54, 1.807) is 6.08 Å². The number of aliphatic imine (C=N–C) groups is 1. The van der Waals surface area contributed by atoms with Crippen LogP contribution in [-0.2, 0) is 4.74 Å². The second-order valence-electron chi connectivity index (χ2n) is 10.1. The number of ether oxygens (including phenoxy) is 2. The van der Waals surface area contributed by atoms with Gasteiger partial charge in [-0.1, -0.05) is 66.7 Å². The zero-order valence-electron chi connectivity index (χ0n) is 24.8. The van der Waals surface area contributed by atoms with Gasteiger partial charge in [0.1, 0.15) is 30.0 Å². The predicted octanol–water partition coefficient (Wildman–Crippen LogP) is 7.07. The molecule has 2 N–H and O–H groups in total. The van der Waals surface area contributed by atoms with Crippen LogP contribution in [0.2, 0.25) is 0 Å². The summed E-state index contributed by atoms with van der Waals surface area (Å²) in [6.07, 6.45) is 9.88. The first-order valence-corrected chi connectivity index (χ1v) is 13.5. The number of allylic oxidation sites excluding steroid dienone is 5. The van der Waals surface area contributed by atoms with E-state index in [0.29, 0.717) is 42.4 Å². The quantitative estimate of drug-likeness (QED) is 0.119. The van der Waals surface area contributed by atoms with Crippen molar-refractivity contribution in [2.24, 2.45) is 4.99 Å². The highest BCUT2D eigenvalue weighted by Gasteiger charge is 2.16. The number of hydrogen-bond donors (Lipinski definition) is 2. The summed E-state index contributed by atoms with van der Waals surface area (Å²) in [6, 6.07) is 9.53. The molecule has 2 aromatic rings. The zero-order valence-corrected chi connectivity index (χ0v) is 24.8. The molecule has 1 heterocycles. The number of nitrogens with one attached hydrogen (secondary N) is 2. The molecule has 0 aliphatic carbocycles. The van der Waals surface area contributed by atoms with Crippen molar-refractivity contribution in [2.75, 3.05) is 25.0 Å². The number of alkyl carbamates (subject to hydrolysis) is 1. The van der Waals surface area contributed by atoms with Crippen molar-refractivity contribution in [1.29, 1.82) is 0 Å². The number of carbonyl (C=O) groups is 1. The van der Waals surface area contributed by atoms with Gasteiger partial charge in [-0.25, -0.2) is 19.8 Å². The number of carbonyl (C=O) groups excluding carboxylic acids is 1. The number of anilines is 1. The Kier molecular flexibility index (Phi) is 13.6. The highest BCUT2D eigenvalue weighted by molar-refractivity contribution is 6.03. The minimum absolute atomic E-state index is 0.222. The van der Waals surface area contributed by atoms with Crippen molar-refractivity contribution in [3.63, 3.8) is 0 Å². The molecule has 0 saturated carbocycles. The lowest BCUT2D eigenvalue weighted by molar-refractivity contribution is 0.0530. The molecule has 0 radical (unpaired) electrons. The number of rotatable bonds is 13. The predicted molar refractivity (Wildman–Crippen MR) is 169 cm³/mol. The molecule has 41 heavy (non-hydrogen) atoms. The lowest BCUT2D eigenvalue weighted by atomic mass is 10.1. The summed E-state index contributed by atoms with van der Waals surface area (Å²) in [6.45, 7) is 18.2. The van der Waals surface area contributed by atoms with Gasteiger partial charge in [-0.3, -0.25) is 0 Å². The van der Waals surface area contributed by atoms with Crippen molar-refractivity contribution in [2.45, 2.75) is 53.1 Å². The van der Waals surface area contributed by atoms with Gasteiger partial charge in [-0.05, 0) is 65.2 Å². The number of aromatic nitrogens is 2. The van der Waals surface area contributed by atoms with Crippen LogP contribution in [0.3, 0.4) is 0 Å². The summed E-state index contributed by atoms with van der Waals surface area (Å²) in [4.78, 5) is 25.6. The Morgan fingerprint density at radius 1 is 1.07 bits per heavy atom. The Hall–Kier alpha value is -4.64. The van der Waals surface area contributed by atoms with Crippen LogP contribution in [0, 0.1) is 11.8 Å². The van der Waals surface area contributed by atoms with E-state index in [0.717, 1.165) is 17.7 Å². The van der Waals surface area contributed by atoms with Crippen molar-refractivity contribution < 1.29 is 14.3 Å². The van der Waals surface area contributed by atoms with Crippen LogP contribution in [0.15, 0.2) is 84.2 Å². The number of nitrogens with zero attached hydrogens (tertiary/aromatic N) is 3. The topological polar surface area (TPSA) is 97.7 Å². The molecular weight excluding hydrogens is 514 g/mol. The molecule has 0 fully saturated rings. The van der Waals surface area contributed by atoms with Crippen LogP contribution < -0.4 is 15.4 Å². The van der Waals surface area contributed by atoms with Crippen LogP contribution in [0.4, 0.5) is 16.3 Å². The Labute approximate surface area is 244 Å². The normalized spacial score (nSPS) is 12.1. The van der Waals surface area contributed by atoms with E-state index in [9.17, 15) is 4.79 Å². The van der Waals surface area contributed by atoms with Gasteiger partial charge in [0.05, 0.1) is 11.4 Å². The Morgan fingerprint density at radius 2 is 1.83 bits per heavy atom. The van der Waals surface area contributed by atoms with Gasteiger partial charge < -0.3 is 20.1 Å². The Balaban J connectivity index is 2.25. The fourth-order valence-electron chi connectivity index (χ4n) is 3.24. The second-order valence-corrected chi connectivity index (χ2v) is 10.1. The van der Waals surface area contributed by atoms with Gasteiger partial charge in [0, 0.05) is 19.5 Å². The van der Waals surface area contributed by atoms with E-state index in [-0.39, 0.29) is 6.61 Å². The molecular formula is C33H41N5O3. The molecule has 0 aliphatic heterocycles. The summed E-state index contributed by atoms with van der Waals surface area (Å²) in [5.74, 6) is 7.52. The van der Waals surface area contributed by atoms with Gasteiger partial charge >= 0.3 is 6.09 Å². The first-order chi connectivity index (χ1) is 19.6. The van der Waals surface area contributed by atoms with E-state index in [1.165, 1.54) is 11.9 Å². The minimum Gasteiger partial charge on any atom is -0.481 e. The van der Waals surface area contributed by atoms with Crippen molar-refractivity contribution in [3.8, 4) is 17.6 Å². The van der Waals surface area contributed by atoms with Gasteiger partial charge in [-0.2, -0.15) is 0 Å². The summed E-state index contributed by atoms with van der Waals surface area (Å²) in [7, 11) is 0. The van der Waals surface area contributed by atoms with Crippen molar-refractivity contribution in [3.05, 3.63) is 84.9 Å². The van der Waals surface area contributed by atoms with Crippen LogP contribution in [0.25, 0.3) is 6.08 Å². The average Bonchev–Trinajstić information content (AvgIpc) is 2.94. The Morgan fingerprint density at radius 3 is 2.51 bits per heavy atom. The van der Waals surface area contributed by atoms with Crippen molar-refractivity contribution in [1.82, 2.24) is 15.3 Å². The summed E-state index contributed by atoms with van der Waals surface area (Å²) >= 11 is 0. The number of para-hydroxylation sites is 1. The summed E-state index contributed by atoms with van der Waals surface area (Å²) < 4.78 is 11.0. The summed E-state index contributed by atoms with van der Waals surface area (Å²) in [5.41, 5.74) is 3.46. The average molecular weight is 556 g/mol. The molecule has 0 bridgehead atoms. The van der Waals surface area contributed by atoms with Gasteiger partial charge in [-0.15, -0.1) is 0 Å². The SMILES string of the molecule is C=C/C(C)=C/C=C(\C)CCC(C#CCOc1ccccc1)=Nc1c(C=C)ncnc1NCCNC(=O)OC(C)(C)C. The molecule has 0 aliphatic rings. The van der Waals surface area contributed by atoms with Crippen LogP contribution in [-0.4, -0.2) is 47.1 Å². The molecule has 8 nitrogen and oxygen atoms in total. The first-order valence-electron chi connectivity index (χ1n) is 13.5. The molecule has 1 aromatic heterocycles. The van der Waals surface area contributed by atoms with Crippen molar-refractivity contribution >= 4 is 29.4 Å². The van der Waals surface area contributed by atoms with Crippen LogP contribution in [0.1, 0.15) is 53.2 Å². The highest BCUT2D eigenvalue weighted by atomic mass is 16.6. The number of hydrogen-bond acceptors (Lipinski definition) is 7. The van der Waals surface area contributed by atoms with Crippen LogP contribution in [0.5, 0.6) is 5.75 Å².